The molecule has 0 aliphatic rings. The lowest BCUT2D eigenvalue weighted by molar-refractivity contribution is -0.384. The molecule has 0 aliphatic heterocycles. The molecule has 0 atom stereocenters. The molecule has 1 rings (SSSR count). The Balaban J connectivity index is 2.78. The number of nitro groups is 1. The number of hydrogen-bond acceptors (Lipinski definition) is 4. The summed E-state index contributed by atoms with van der Waals surface area (Å²) in [5.41, 5.74) is 0.814. The van der Waals surface area contributed by atoms with Crippen molar-refractivity contribution in [3.05, 3.63) is 39.9 Å². The molecule has 0 aliphatic carbocycles. The molecule has 20 heavy (non-hydrogen) atoms. The van der Waals surface area contributed by atoms with Crippen molar-refractivity contribution in [3.8, 4) is 0 Å². The predicted octanol–water partition coefficient (Wildman–Crippen LogP) is 2.67. The first-order chi connectivity index (χ1) is 9.20. The van der Waals surface area contributed by atoms with E-state index in [2.05, 4.69) is 0 Å². The van der Waals surface area contributed by atoms with Crippen LogP contribution in [0.1, 0.15) is 32.8 Å². The normalized spacial score (nSPS) is 11.6. The van der Waals surface area contributed by atoms with Gasteiger partial charge in [-0.2, -0.15) is 0 Å². The highest BCUT2D eigenvalue weighted by Gasteiger charge is 2.22. The van der Waals surface area contributed by atoms with Gasteiger partial charge in [0.1, 0.15) is 0 Å². The second-order valence-corrected chi connectivity index (χ2v) is 5.66. The summed E-state index contributed by atoms with van der Waals surface area (Å²) in [6.07, 6.45) is 0.0737. The van der Waals surface area contributed by atoms with E-state index >= 15 is 0 Å². The topological polar surface area (TPSA) is 83.7 Å². The summed E-state index contributed by atoms with van der Waals surface area (Å²) in [5, 5.41) is 19.4. The Bertz CT molecular complexity index is 477. The van der Waals surface area contributed by atoms with E-state index in [4.69, 9.17) is 5.11 Å². The number of hydrogen-bond donors (Lipinski definition) is 1. The lowest BCUT2D eigenvalue weighted by atomic mass is 10.0. The fraction of sp³-hybridized carbons (Fsp3) is 0.500. The molecule has 0 spiro atoms. The molecule has 110 valence electrons. The first kappa shape index (κ1) is 16.1. The lowest BCUT2D eigenvalue weighted by Gasteiger charge is -2.35. The largest absolute Gasteiger partial charge is 0.481 e. The summed E-state index contributed by atoms with van der Waals surface area (Å²) in [6, 6.07) is 6.34. The van der Waals surface area contributed by atoms with Crippen LogP contribution in [0.4, 0.5) is 5.69 Å². The van der Waals surface area contributed by atoms with Crippen molar-refractivity contribution in [2.24, 2.45) is 0 Å². The Kier molecular flexibility index (Phi) is 5.21. The van der Waals surface area contributed by atoms with E-state index in [9.17, 15) is 14.9 Å². The first-order valence-electron chi connectivity index (χ1n) is 6.40. The average molecular weight is 280 g/mol. The Morgan fingerprint density at radius 3 is 2.25 bits per heavy atom. The van der Waals surface area contributed by atoms with Gasteiger partial charge in [-0.1, -0.05) is 12.1 Å². The van der Waals surface area contributed by atoms with Crippen molar-refractivity contribution in [2.75, 3.05) is 6.54 Å². The van der Waals surface area contributed by atoms with Gasteiger partial charge >= 0.3 is 5.97 Å². The van der Waals surface area contributed by atoms with Crippen molar-refractivity contribution >= 4 is 11.7 Å². The monoisotopic (exact) mass is 280 g/mol. The summed E-state index contributed by atoms with van der Waals surface area (Å²) in [7, 11) is 0. The van der Waals surface area contributed by atoms with Crippen molar-refractivity contribution in [1.29, 1.82) is 0 Å². The number of benzene rings is 1. The van der Waals surface area contributed by atoms with Gasteiger partial charge in [-0.15, -0.1) is 0 Å². The molecule has 0 heterocycles. The highest BCUT2D eigenvalue weighted by molar-refractivity contribution is 5.66. The zero-order chi connectivity index (χ0) is 15.3. The molecule has 0 saturated heterocycles. The van der Waals surface area contributed by atoms with Crippen LogP contribution < -0.4 is 0 Å². The van der Waals surface area contributed by atoms with Gasteiger partial charge in [-0.25, -0.2) is 0 Å². The molecular formula is C14H20N2O4. The predicted molar refractivity (Wildman–Crippen MR) is 75.5 cm³/mol. The molecular weight excluding hydrogens is 260 g/mol. The van der Waals surface area contributed by atoms with E-state index in [0.29, 0.717) is 13.1 Å². The zero-order valence-electron chi connectivity index (χ0n) is 12.0. The van der Waals surface area contributed by atoms with Gasteiger partial charge in [0.2, 0.25) is 0 Å². The van der Waals surface area contributed by atoms with E-state index in [1.165, 1.54) is 12.1 Å². The minimum atomic E-state index is -0.831. The Morgan fingerprint density at radius 2 is 1.85 bits per heavy atom. The number of carboxylic acid groups (broad SMARTS) is 1. The van der Waals surface area contributed by atoms with Crippen molar-refractivity contribution in [1.82, 2.24) is 4.90 Å². The van der Waals surface area contributed by atoms with Gasteiger partial charge < -0.3 is 5.11 Å². The number of aliphatic carboxylic acids is 1. The minimum Gasteiger partial charge on any atom is -0.481 e. The summed E-state index contributed by atoms with van der Waals surface area (Å²) in [5.74, 6) is -0.831. The maximum atomic E-state index is 10.7. The Morgan fingerprint density at radius 1 is 1.30 bits per heavy atom. The van der Waals surface area contributed by atoms with Crippen LogP contribution >= 0.6 is 0 Å². The van der Waals surface area contributed by atoms with Gasteiger partial charge in [0, 0.05) is 30.8 Å². The third kappa shape index (κ3) is 4.97. The molecule has 0 fully saturated rings. The van der Waals surface area contributed by atoms with Gasteiger partial charge in [0.25, 0.3) is 5.69 Å². The summed E-state index contributed by atoms with van der Waals surface area (Å²) < 4.78 is 0. The smallest absolute Gasteiger partial charge is 0.304 e. The SMILES string of the molecule is CC(C)(C)N(CCC(=O)O)Cc1ccc([N+](=O)[O-])cc1. The average Bonchev–Trinajstić information content (AvgIpc) is 2.33. The van der Waals surface area contributed by atoms with Crippen molar-refractivity contribution in [2.45, 2.75) is 39.3 Å². The van der Waals surface area contributed by atoms with Crippen LogP contribution in [0, 0.1) is 10.1 Å². The standard InChI is InChI=1S/C14H20N2O4/c1-14(2,3)15(9-8-13(17)18)10-11-4-6-12(7-5-11)16(19)20/h4-7H,8-10H2,1-3H3,(H,17,18). The van der Waals surface area contributed by atoms with E-state index < -0.39 is 10.9 Å². The second kappa shape index (κ2) is 6.47. The molecule has 0 radical (unpaired) electrons. The molecule has 0 saturated carbocycles. The molecule has 1 aromatic rings. The molecule has 0 bridgehead atoms. The Labute approximate surface area is 118 Å². The molecule has 6 nitrogen and oxygen atoms in total. The molecule has 6 heteroatoms. The van der Waals surface area contributed by atoms with Crippen molar-refractivity contribution < 1.29 is 14.8 Å². The molecule has 0 aromatic heterocycles. The lowest BCUT2D eigenvalue weighted by Crippen LogP contribution is -2.41. The highest BCUT2D eigenvalue weighted by Crippen LogP contribution is 2.19. The van der Waals surface area contributed by atoms with Crippen LogP contribution in [0.5, 0.6) is 0 Å². The first-order valence-corrected chi connectivity index (χ1v) is 6.40. The maximum absolute atomic E-state index is 10.7. The van der Waals surface area contributed by atoms with Crippen LogP contribution in [0.25, 0.3) is 0 Å². The molecule has 0 amide bonds. The summed E-state index contributed by atoms with van der Waals surface area (Å²) in [4.78, 5) is 22.9. The third-order valence-electron chi connectivity index (χ3n) is 3.06. The summed E-state index contributed by atoms with van der Waals surface area (Å²) in [6.45, 7) is 7.05. The third-order valence-corrected chi connectivity index (χ3v) is 3.06. The highest BCUT2D eigenvalue weighted by atomic mass is 16.6. The quantitative estimate of drug-likeness (QED) is 0.639. The number of rotatable bonds is 6. The number of carboxylic acids is 1. The van der Waals surface area contributed by atoms with Crippen LogP contribution in [-0.2, 0) is 11.3 Å². The van der Waals surface area contributed by atoms with Gasteiger partial charge in [0.15, 0.2) is 0 Å². The van der Waals surface area contributed by atoms with Gasteiger partial charge in [0.05, 0.1) is 11.3 Å². The fourth-order valence-electron chi connectivity index (χ4n) is 1.83. The molecule has 0 unspecified atom stereocenters. The van der Waals surface area contributed by atoms with E-state index in [1.54, 1.807) is 12.1 Å². The van der Waals surface area contributed by atoms with Gasteiger partial charge in [-0.05, 0) is 26.3 Å². The van der Waals surface area contributed by atoms with Crippen LogP contribution in [-0.4, -0.2) is 33.0 Å². The number of nitrogens with zero attached hydrogens (tertiary/aromatic N) is 2. The molecule has 1 aromatic carbocycles. The van der Waals surface area contributed by atoms with Crippen LogP contribution in [0.2, 0.25) is 0 Å². The zero-order valence-corrected chi connectivity index (χ0v) is 12.0. The number of carbonyl (C=O) groups is 1. The van der Waals surface area contributed by atoms with E-state index in [-0.39, 0.29) is 17.6 Å². The fourth-order valence-corrected chi connectivity index (χ4v) is 1.83. The number of non-ortho nitro benzene ring substituents is 1. The van der Waals surface area contributed by atoms with Crippen molar-refractivity contribution in [3.63, 3.8) is 0 Å². The van der Waals surface area contributed by atoms with E-state index in [0.717, 1.165) is 5.56 Å². The number of nitro benzene ring substituents is 1. The van der Waals surface area contributed by atoms with E-state index in [1.807, 2.05) is 25.7 Å². The summed E-state index contributed by atoms with van der Waals surface area (Å²) >= 11 is 0. The Hall–Kier alpha value is -1.95. The second-order valence-electron chi connectivity index (χ2n) is 5.66. The van der Waals surface area contributed by atoms with Gasteiger partial charge in [-0.3, -0.25) is 19.8 Å². The van der Waals surface area contributed by atoms with Crippen LogP contribution in [0.15, 0.2) is 24.3 Å². The van der Waals surface area contributed by atoms with Crippen LogP contribution in [0.3, 0.4) is 0 Å². The minimum absolute atomic E-state index is 0.0570. The maximum Gasteiger partial charge on any atom is 0.304 e. The molecule has 1 N–H and O–H groups in total.